The van der Waals surface area contributed by atoms with Gasteiger partial charge in [-0.25, -0.2) is 0 Å². The summed E-state index contributed by atoms with van der Waals surface area (Å²) in [5, 5.41) is 13.6. The fourth-order valence-electron chi connectivity index (χ4n) is 4.09. The molecule has 5 nitrogen and oxygen atoms in total. The van der Waals surface area contributed by atoms with Gasteiger partial charge in [-0.05, 0) is 70.4 Å². The average Bonchev–Trinajstić information content (AvgIpc) is 2.59. The van der Waals surface area contributed by atoms with Gasteiger partial charge in [0.25, 0.3) is 0 Å². The van der Waals surface area contributed by atoms with E-state index in [0.29, 0.717) is 17.9 Å². The van der Waals surface area contributed by atoms with Crippen molar-refractivity contribution in [2.45, 2.75) is 76.7 Å². The van der Waals surface area contributed by atoms with Gasteiger partial charge in [0.05, 0.1) is 5.60 Å². The van der Waals surface area contributed by atoms with Crippen molar-refractivity contribution in [1.82, 2.24) is 5.32 Å². The van der Waals surface area contributed by atoms with E-state index in [9.17, 15) is 18.7 Å². The highest BCUT2D eigenvalue weighted by atomic mass is 35.5. The number of aliphatic hydroxyl groups is 1. The van der Waals surface area contributed by atoms with Crippen molar-refractivity contribution < 1.29 is 28.2 Å². The van der Waals surface area contributed by atoms with Gasteiger partial charge in [-0.15, -0.1) is 0 Å². The molecule has 0 aromatic heterocycles. The summed E-state index contributed by atoms with van der Waals surface area (Å²) >= 11 is 5.92. The summed E-state index contributed by atoms with van der Waals surface area (Å²) in [6.45, 7) is 0.718. The molecule has 0 radical (unpaired) electrons. The number of carbonyl (C=O) groups excluding carboxylic acids is 1. The lowest BCUT2D eigenvalue weighted by atomic mass is 9.76. The van der Waals surface area contributed by atoms with Gasteiger partial charge in [0, 0.05) is 23.0 Å². The van der Waals surface area contributed by atoms with Crippen molar-refractivity contribution in [3.05, 3.63) is 23.2 Å². The van der Waals surface area contributed by atoms with E-state index >= 15 is 0 Å². The number of rotatable bonds is 7. The van der Waals surface area contributed by atoms with Crippen LogP contribution in [0.2, 0.25) is 5.02 Å². The average molecular weight is 432 g/mol. The van der Waals surface area contributed by atoms with Crippen molar-refractivity contribution in [1.29, 1.82) is 0 Å². The number of amides is 1. The number of benzene rings is 1. The van der Waals surface area contributed by atoms with Crippen LogP contribution in [0.3, 0.4) is 0 Å². The van der Waals surface area contributed by atoms with Gasteiger partial charge in [0.1, 0.15) is 6.10 Å². The molecule has 1 aromatic rings. The van der Waals surface area contributed by atoms with E-state index in [1.165, 1.54) is 18.2 Å². The molecule has 0 spiro atoms. The minimum absolute atomic E-state index is 0.00621. The molecule has 0 atom stereocenters. The van der Waals surface area contributed by atoms with Gasteiger partial charge < -0.3 is 19.9 Å². The zero-order valence-corrected chi connectivity index (χ0v) is 17.4. The summed E-state index contributed by atoms with van der Waals surface area (Å²) in [6, 6.07) is 4.38. The molecule has 29 heavy (non-hydrogen) atoms. The first-order chi connectivity index (χ1) is 13.6. The maximum absolute atomic E-state index is 12.5. The van der Waals surface area contributed by atoms with Crippen LogP contribution in [0.4, 0.5) is 8.78 Å². The standard InChI is InChI=1S/C21H28ClF2NO4/c1-21(2,27)13-3-6-15(7-4-13)25-19(26)12-9-16(10-12)28-18-11-14(22)5-8-17(18)29-20(23)24/h5,8,11-13,15-16,20,27H,3-4,6-7,9-10H2,1-2H3,(H,25,26). The zero-order valence-electron chi connectivity index (χ0n) is 16.7. The predicted molar refractivity (Wildman–Crippen MR) is 105 cm³/mol. The van der Waals surface area contributed by atoms with Crippen molar-refractivity contribution in [3.63, 3.8) is 0 Å². The minimum Gasteiger partial charge on any atom is -0.486 e. The highest BCUT2D eigenvalue weighted by molar-refractivity contribution is 6.30. The molecule has 162 valence electrons. The number of carbonyl (C=O) groups is 1. The molecule has 2 aliphatic rings. The van der Waals surface area contributed by atoms with Crippen LogP contribution in [0.5, 0.6) is 11.5 Å². The van der Waals surface area contributed by atoms with Crippen molar-refractivity contribution >= 4 is 17.5 Å². The molecule has 1 aromatic carbocycles. The lowest BCUT2D eigenvalue weighted by molar-refractivity contribution is -0.131. The maximum Gasteiger partial charge on any atom is 0.387 e. The molecule has 2 N–H and O–H groups in total. The summed E-state index contributed by atoms with van der Waals surface area (Å²) < 4.78 is 35.3. The number of nitrogens with one attached hydrogen (secondary N) is 1. The van der Waals surface area contributed by atoms with Crippen LogP contribution < -0.4 is 14.8 Å². The second-order valence-corrected chi connectivity index (χ2v) is 9.02. The first-order valence-electron chi connectivity index (χ1n) is 10.1. The monoisotopic (exact) mass is 431 g/mol. The lowest BCUT2D eigenvalue weighted by Crippen LogP contribution is -2.48. The van der Waals surface area contributed by atoms with E-state index in [4.69, 9.17) is 16.3 Å². The molecule has 0 saturated heterocycles. The summed E-state index contributed by atoms with van der Waals surface area (Å²) in [4.78, 5) is 12.5. The van der Waals surface area contributed by atoms with E-state index < -0.39 is 12.2 Å². The molecule has 0 bridgehead atoms. The third kappa shape index (κ3) is 5.95. The van der Waals surface area contributed by atoms with Gasteiger partial charge in [0.15, 0.2) is 11.5 Å². The Morgan fingerprint density at radius 3 is 2.45 bits per heavy atom. The van der Waals surface area contributed by atoms with Crippen LogP contribution >= 0.6 is 11.6 Å². The van der Waals surface area contributed by atoms with Crippen molar-refractivity contribution in [2.24, 2.45) is 11.8 Å². The zero-order chi connectivity index (χ0) is 21.2. The first-order valence-corrected chi connectivity index (χ1v) is 10.4. The van der Waals surface area contributed by atoms with Crippen LogP contribution in [0.25, 0.3) is 0 Å². The van der Waals surface area contributed by atoms with Gasteiger partial charge >= 0.3 is 6.61 Å². The third-order valence-corrected chi connectivity index (χ3v) is 6.19. The normalized spacial score (nSPS) is 27.3. The Morgan fingerprint density at radius 1 is 1.21 bits per heavy atom. The fraction of sp³-hybridized carbons (Fsp3) is 0.667. The number of hydrogen-bond donors (Lipinski definition) is 2. The molecule has 8 heteroatoms. The summed E-state index contributed by atoms with van der Waals surface area (Å²) in [7, 11) is 0. The third-order valence-electron chi connectivity index (χ3n) is 5.95. The topological polar surface area (TPSA) is 67.8 Å². The SMILES string of the molecule is CC(C)(O)C1CCC(NC(=O)C2CC(Oc3cc(Cl)ccc3OC(F)F)C2)CC1. The molecule has 1 amide bonds. The number of alkyl halides is 2. The van der Waals surface area contributed by atoms with Gasteiger partial charge in [-0.1, -0.05) is 11.6 Å². The number of ether oxygens (including phenoxy) is 2. The van der Waals surface area contributed by atoms with E-state index in [1.54, 1.807) is 0 Å². The highest BCUT2D eigenvalue weighted by Gasteiger charge is 2.38. The van der Waals surface area contributed by atoms with Crippen LogP contribution in [0, 0.1) is 11.8 Å². The van der Waals surface area contributed by atoms with Crippen molar-refractivity contribution in [2.75, 3.05) is 0 Å². The molecule has 0 heterocycles. The largest absolute Gasteiger partial charge is 0.486 e. The Kier molecular flexibility index (Phi) is 6.89. The van der Waals surface area contributed by atoms with Crippen LogP contribution in [0.15, 0.2) is 18.2 Å². The molecule has 2 fully saturated rings. The molecule has 2 aliphatic carbocycles. The maximum atomic E-state index is 12.5. The predicted octanol–water partition coefficient (Wildman–Crippen LogP) is 4.54. The molecular formula is C21H28ClF2NO4. The molecule has 2 saturated carbocycles. The molecule has 3 rings (SSSR count). The van der Waals surface area contributed by atoms with Crippen LogP contribution in [0.1, 0.15) is 52.4 Å². The summed E-state index contributed by atoms with van der Waals surface area (Å²) in [5.74, 6) is 0.212. The second kappa shape index (κ2) is 9.04. The van der Waals surface area contributed by atoms with Crippen LogP contribution in [-0.4, -0.2) is 35.4 Å². The summed E-state index contributed by atoms with van der Waals surface area (Å²) in [5.41, 5.74) is -0.680. The van der Waals surface area contributed by atoms with Crippen LogP contribution in [-0.2, 0) is 4.79 Å². The Morgan fingerprint density at radius 2 is 1.86 bits per heavy atom. The summed E-state index contributed by atoms with van der Waals surface area (Å²) in [6.07, 6.45) is 4.32. The fourth-order valence-corrected chi connectivity index (χ4v) is 4.25. The Bertz CT molecular complexity index is 711. The molecular weight excluding hydrogens is 404 g/mol. The van der Waals surface area contributed by atoms with E-state index in [1.807, 2.05) is 13.8 Å². The Labute approximate surface area is 174 Å². The number of hydrogen-bond acceptors (Lipinski definition) is 4. The number of halogens is 3. The Hall–Kier alpha value is -1.60. The lowest BCUT2D eigenvalue weighted by Gasteiger charge is -2.38. The second-order valence-electron chi connectivity index (χ2n) is 8.59. The molecule has 0 unspecified atom stereocenters. The van der Waals surface area contributed by atoms with Gasteiger partial charge in [0.2, 0.25) is 5.91 Å². The van der Waals surface area contributed by atoms with Gasteiger partial charge in [-0.2, -0.15) is 8.78 Å². The quantitative estimate of drug-likeness (QED) is 0.664. The smallest absolute Gasteiger partial charge is 0.387 e. The van der Waals surface area contributed by atoms with E-state index in [0.717, 1.165) is 25.7 Å². The van der Waals surface area contributed by atoms with Crippen molar-refractivity contribution in [3.8, 4) is 11.5 Å². The first kappa shape index (κ1) is 22.1. The molecule has 0 aliphatic heterocycles. The Balaban J connectivity index is 1.45. The minimum atomic E-state index is -2.95. The highest BCUT2D eigenvalue weighted by Crippen LogP contribution is 2.38. The van der Waals surface area contributed by atoms with E-state index in [2.05, 4.69) is 10.1 Å². The van der Waals surface area contributed by atoms with Gasteiger partial charge in [-0.3, -0.25) is 4.79 Å². The van der Waals surface area contributed by atoms with E-state index in [-0.39, 0.29) is 41.4 Å².